The van der Waals surface area contributed by atoms with Crippen LogP contribution in [0.4, 0.5) is 0 Å². The van der Waals surface area contributed by atoms with Crippen LogP contribution in [0.5, 0.6) is 0 Å². The van der Waals surface area contributed by atoms with Gasteiger partial charge in [0.05, 0.1) is 0 Å². The Morgan fingerprint density at radius 2 is 0.828 bits per heavy atom. The van der Waals surface area contributed by atoms with Gasteiger partial charge in [-0.15, -0.1) is 0 Å². The minimum absolute atomic E-state index is 0.0391. The topological polar surface area (TPSA) is 0 Å². The van der Waals surface area contributed by atoms with Gasteiger partial charge in [-0.1, -0.05) is 166 Å². The molecule has 300 valence electrons. The zero-order chi connectivity index (χ0) is 42.7. The lowest BCUT2D eigenvalue weighted by Gasteiger charge is -2.21. The molecule has 0 atom stereocenters. The molecule has 0 amide bonds. The van der Waals surface area contributed by atoms with Crippen LogP contribution < -0.4 is 0 Å². The molecule has 0 aromatic heterocycles. The van der Waals surface area contributed by atoms with Crippen molar-refractivity contribution in [2.24, 2.45) is 0 Å². The fourth-order valence-corrected chi connectivity index (χ4v) is 12.2. The molecule has 0 heteroatoms. The van der Waals surface area contributed by atoms with E-state index in [4.69, 9.17) is 0 Å². The quantitative estimate of drug-likeness (QED) is 0.156. The third kappa shape index (κ3) is 4.73. The Bertz CT molecular complexity index is 4240. The second-order valence-corrected chi connectivity index (χ2v) is 19.7. The highest BCUT2D eigenvalue weighted by molar-refractivity contribution is 6.45. The molecule has 0 bridgehead atoms. The van der Waals surface area contributed by atoms with Crippen molar-refractivity contribution in [2.75, 3.05) is 0 Å². The summed E-state index contributed by atoms with van der Waals surface area (Å²) in [6.45, 7) is 11.5. The summed E-state index contributed by atoms with van der Waals surface area (Å²) >= 11 is 0. The van der Waals surface area contributed by atoms with Crippen LogP contribution in [-0.2, 0) is 5.41 Å². The highest BCUT2D eigenvalue weighted by atomic mass is 14.3. The van der Waals surface area contributed by atoms with Crippen LogP contribution in [0.15, 0.2) is 176 Å². The molecular weight excluding hydrogens is 769 g/mol. The molecule has 0 aliphatic carbocycles. The Balaban J connectivity index is 1.21. The molecule has 0 saturated carbocycles. The fourth-order valence-electron chi connectivity index (χ4n) is 12.2. The van der Waals surface area contributed by atoms with Crippen molar-refractivity contribution in [1.82, 2.24) is 0 Å². The summed E-state index contributed by atoms with van der Waals surface area (Å²) in [5.41, 5.74) is 11.7. The van der Waals surface area contributed by atoms with E-state index in [1.807, 2.05) is 0 Å². The third-order valence-corrected chi connectivity index (χ3v) is 15.0. The molecule has 0 aliphatic heterocycles. The van der Waals surface area contributed by atoms with E-state index in [0.717, 1.165) is 0 Å². The predicted molar refractivity (Wildman–Crippen MR) is 280 cm³/mol. The SMILES string of the molecule is Cc1cccc(C)c1-c1ccc2c(c1)cc1c3c(-c4ccccc4)c4cc5c(cc4c(-c4ccccc4)c3c3cccc2c31)c1cc2cc(C(C)(C)C)cc3ccc4ccc5c1c4c32. The zero-order valence-electron chi connectivity index (χ0n) is 36.7. The van der Waals surface area contributed by atoms with Gasteiger partial charge in [-0.2, -0.15) is 0 Å². The minimum atomic E-state index is 0.0391. The molecule has 14 rings (SSSR count). The predicted octanol–water partition coefficient (Wildman–Crippen LogP) is 18.4. The van der Waals surface area contributed by atoms with E-state index in [2.05, 4.69) is 211 Å². The van der Waals surface area contributed by atoms with E-state index in [1.54, 1.807) is 0 Å². The Hall–Kier alpha value is -7.54. The first-order chi connectivity index (χ1) is 31.2. The minimum Gasteiger partial charge on any atom is -0.0622 e. The van der Waals surface area contributed by atoms with Gasteiger partial charge in [-0.05, 0) is 207 Å². The van der Waals surface area contributed by atoms with Gasteiger partial charge in [0.1, 0.15) is 0 Å². The number of rotatable bonds is 3. The molecule has 64 heavy (non-hydrogen) atoms. The summed E-state index contributed by atoms with van der Waals surface area (Å²) in [5, 5.41) is 26.6. The van der Waals surface area contributed by atoms with Gasteiger partial charge in [0, 0.05) is 0 Å². The van der Waals surface area contributed by atoms with Crippen LogP contribution >= 0.6 is 0 Å². The smallest absolute Gasteiger partial charge is 0.000719 e. The molecule has 14 aromatic carbocycles. The molecule has 0 aliphatic rings. The second kappa shape index (κ2) is 12.6. The molecule has 0 unspecified atom stereocenters. The molecule has 0 saturated heterocycles. The summed E-state index contributed by atoms with van der Waals surface area (Å²) in [5.74, 6) is 0. The van der Waals surface area contributed by atoms with Crippen LogP contribution in [0.3, 0.4) is 0 Å². The Labute approximate surface area is 372 Å². The maximum absolute atomic E-state index is 2.58. The molecule has 14 aromatic rings. The lowest BCUT2D eigenvalue weighted by molar-refractivity contribution is 0.591. The molecule has 0 radical (unpaired) electrons. The van der Waals surface area contributed by atoms with Crippen molar-refractivity contribution in [3.05, 3.63) is 193 Å². The lowest BCUT2D eigenvalue weighted by Crippen LogP contribution is -2.10. The van der Waals surface area contributed by atoms with E-state index in [9.17, 15) is 0 Å². The van der Waals surface area contributed by atoms with Crippen LogP contribution in [-0.4, -0.2) is 0 Å². The highest BCUT2D eigenvalue weighted by Gasteiger charge is 2.27. The maximum atomic E-state index is 2.58. The average Bonchev–Trinajstić information content (AvgIpc) is 3.80. The van der Waals surface area contributed by atoms with Gasteiger partial charge < -0.3 is 0 Å². The number of fused-ring (bicyclic) bond motifs is 9. The Kier molecular flexibility index (Phi) is 7.06. The standard InChI is InChI=1S/C64H44/c1-35-14-12-15-36(2)55(35)40-25-26-45-42(28-40)31-54-60-46(45)20-13-21-48(60)62-57(37-16-8-6-9-17-37)53-34-50-49(33-52(53)58(63(54)62)38-18-10-7-11-19-38)47-27-24-39-22-23-41-29-44(64(3,4)5)30-43-32-51(50)61(47)59(39)56(41)43/h6-34H,1-5H3. The van der Waals surface area contributed by atoms with Gasteiger partial charge in [0.25, 0.3) is 0 Å². The Morgan fingerprint density at radius 3 is 1.53 bits per heavy atom. The summed E-state index contributed by atoms with van der Waals surface area (Å²) in [6.07, 6.45) is 0. The monoisotopic (exact) mass is 812 g/mol. The second-order valence-electron chi connectivity index (χ2n) is 19.7. The first kappa shape index (κ1) is 36.0. The van der Waals surface area contributed by atoms with E-state index in [1.165, 1.54) is 158 Å². The third-order valence-electron chi connectivity index (χ3n) is 15.0. The van der Waals surface area contributed by atoms with Gasteiger partial charge in [-0.25, -0.2) is 0 Å². The lowest BCUT2D eigenvalue weighted by atomic mass is 9.83. The average molecular weight is 813 g/mol. The first-order valence-electron chi connectivity index (χ1n) is 22.8. The molecule has 0 N–H and O–H groups in total. The summed E-state index contributed by atoms with van der Waals surface area (Å²) < 4.78 is 0. The number of hydrogen-bond donors (Lipinski definition) is 0. The first-order valence-corrected chi connectivity index (χ1v) is 22.8. The van der Waals surface area contributed by atoms with E-state index in [-0.39, 0.29) is 5.41 Å². The van der Waals surface area contributed by atoms with Gasteiger partial charge in [0.2, 0.25) is 0 Å². The van der Waals surface area contributed by atoms with E-state index >= 15 is 0 Å². The van der Waals surface area contributed by atoms with Gasteiger partial charge >= 0.3 is 0 Å². The fraction of sp³-hybridized carbons (Fsp3) is 0.0938. The van der Waals surface area contributed by atoms with Crippen LogP contribution in [0, 0.1) is 13.8 Å². The van der Waals surface area contributed by atoms with Crippen molar-refractivity contribution in [3.63, 3.8) is 0 Å². The molecular formula is C64H44. The largest absolute Gasteiger partial charge is 0.0622 e. The van der Waals surface area contributed by atoms with Crippen molar-refractivity contribution in [3.8, 4) is 33.4 Å². The van der Waals surface area contributed by atoms with Gasteiger partial charge in [-0.3, -0.25) is 0 Å². The summed E-state index contributed by atoms with van der Waals surface area (Å²) in [4.78, 5) is 0. The van der Waals surface area contributed by atoms with Crippen molar-refractivity contribution >= 4 is 108 Å². The van der Waals surface area contributed by atoms with E-state index < -0.39 is 0 Å². The maximum Gasteiger partial charge on any atom is -0.000719 e. The number of aryl methyl sites for hydroxylation is 2. The summed E-state index contributed by atoms with van der Waals surface area (Å²) in [6, 6.07) is 67.8. The van der Waals surface area contributed by atoms with E-state index in [0.29, 0.717) is 0 Å². The van der Waals surface area contributed by atoms with Crippen molar-refractivity contribution in [1.29, 1.82) is 0 Å². The van der Waals surface area contributed by atoms with Crippen LogP contribution in [0.2, 0.25) is 0 Å². The number of benzene rings is 12. The molecule has 0 spiro atoms. The zero-order valence-corrected chi connectivity index (χ0v) is 36.7. The van der Waals surface area contributed by atoms with Crippen LogP contribution in [0.25, 0.3) is 141 Å². The normalized spacial score (nSPS) is 12.8. The molecule has 0 nitrogen and oxygen atoms in total. The van der Waals surface area contributed by atoms with Crippen LogP contribution in [0.1, 0.15) is 37.5 Å². The van der Waals surface area contributed by atoms with Crippen molar-refractivity contribution in [2.45, 2.75) is 40.0 Å². The summed E-state index contributed by atoms with van der Waals surface area (Å²) in [7, 11) is 0. The van der Waals surface area contributed by atoms with Crippen molar-refractivity contribution < 1.29 is 0 Å². The molecule has 0 fully saturated rings. The van der Waals surface area contributed by atoms with Gasteiger partial charge in [0.15, 0.2) is 0 Å². The molecule has 0 heterocycles. The number of hydrogen-bond acceptors (Lipinski definition) is 0. The highest BCUT2D eigenvalue weighted by Crippen LogP contribution is 2.55. The Morgan fingerprint density at radius 1 is 0.266 bits per heavy atom.